The first kappa shape index (κ1) is 74.1. The van der Waals surface area contributed by atoms with Crippen molar-refractivity contribution in [3.8, 4) is 0 Å². The Bertz CT molecular complexity index is 3030. The van der Waals surface area contributed by atoms with Gasteiger partial charge in [0.1, 0.15) is 60.4 Å². The van der Waals surface area contributed by atoms with E-state index in [4.69, 9.17) is 16.6 Å². The van der Waals surface area contributed by atoms with Crippen molar-refractivity contribution >= 4 is 113 Å². The average molecular weight is 1300 g/mol. The van der Waals surface area contributed by atoms with Gasteiger partial charge in [-0.3, -0.25) is 57.5 Å². The molecule has 30 nitrogen and oxygen atoms in total. The van der Waals surface area contributed by atoms with E-state index in [1.165, 1.54) is 13.8 Å². The van der Waals surface area contributed by atoms with E-state index in [0.717, 1.165) is 4.90 Å². The minimum Gasteiger partial charge on any atom is -0.481 e. The molecule has 32 heteroatoms. The van der Waals surface area contributed by atoms with Crippen molar-refractivity contribution in [2.45, 2.75) is 164 Å². The first-order valence-corrected chi connectivity index (χ1v) is 30.5. The summed E-state index contributed by atoms with van der Waals surface area (Å²) in [5.74, 6) is -14.7. The number of thiol groups is 2. The smallest absolute Gasteiger partial charge is 0.326 e. The number of carboxylic acids is 3. The first-order valence-electron chi connectivity index (χ1n) is 29.2. The van der Waals surface area contributed by atoms with E-state index >= 15 is 0 Å². The van der Waals surface area contributed by atoms with E-state index in [1.807, 2.05) is 0 Å². The van der Waals surface area contributed by atoms with Gasteiger partial charge in [0.15, 0.2) is 0 Å². The number of nitrogens with two attached hydrogens (primary N) is 2. The number of carboxylic acid groups (broad SMARTS) is 3. The van der Waals surface area contributed by atoms with Crippen LogP contribution in [0.25, 0.3) is 10.9 Å². The number of hydrogen-bond donors (Lipinski definition) is 18. The number of H-pyrrole nitrogens is 1. The molecule has 0 radical (unpaired) electrons. The van der Waals surface area contributed by atoms with Crippen molar-refractivity contribution in [3.05, 3.63) is 71.9 Å². The van der Waals surface area contributed by atoms with Gasteiger partial charge in [0, 0.05) is 54.4 Å². The van der Waals surface area contributed by atoms with Crippen LogP contribution in [0, 0.1) is 5.92 Å². The van der Waals surface area contributed by atoms with Gasteiger partial charge in [0.25, 0.3) is 0 Å². The van der Waals surface area contributed by atoms with Crippen LogP contribution in [-0.2, 0) is 75.2 Å². The molecule has 0 aliphatic carbocycles. The molecule has 4 rings (SSSR count). The molecule has 2 aromatic carbocycles. The Labute approximate surface area is 529 Å². The summed E-state index contributed by atoms with van der Waals surface area (Å²) in [6.45, 7) is 5.82. The summed E-state index contributed by atoms with van der Waals surface area (Å²) >= 11 is 8.42. The van der Waals surface area contributed by atoms with Crippen molar-refractivity contribution in [1.29, 1.82) is 0 Å². The second-order valence-corrected chi connectivity index (χ2v) is 22.9. The van der Waals surface area contributed by atoms with Crippen molar-refractivity contribution in [2.75, 3.05) is 24.6 Å². The predicted octanol–water partition coefficient (Wildman–Crippen LogP) is -2.90. The molecular weight excluding hydrogens is 1210 g/mol. The first-order chi connectivity index (χ1) is 42.6. The number of unbranched alkanes of at least 4 members (excludes halogenated alkanes) is 1. The lowest BCUT2D eigenvalue weighted by Crippen LogP contribution is -2.61. The molecule has 18 N–H and O–H groups in total. The van der Waals surface area contributed by atoms with Crippen molar-refractivity contribution in [1.82, 2.24) is 57.7 Å². The largest absolute Gasteiger partial charge is 0.481 e. The highest BCUT2D eigenvalue weighted by Crippen LogP contribution is 2.22. The molecule has 1 aromatic heterocycles. The third-order valence-corrected chi connectivity index (χ3v) is 15.5. The van der Waals surface area contributed by atoms with Crippen LogP contribution in [0.2, 0.25) is 0 Å². The number of hydrogen-bond acceptors (Lipinski definition) is 18. The van der Waals surface area contributed by atoms with E-state index in [2.05, 4.69) is 78.1 Å². The summed E-state index contributed by atoms with van der Waals surface area (Å²) < 4.78 is 0. The minimum absolute atomic E-state index is 0.000638. The molecule has 1 fully saturated rings. The van der Waals surface area contributed by atoms with Gasteiger partial charge >= 0.3 is 17.9 Å². The molecule has 90 heavy (non-hydrogen) atoms. The normalized spacial score (nSPS) is 16.6. The number of likely N-dealkylation sites (tertiary alicyclic amines) is 1. The van der Waals surface area contributed by atoms with E-state index < -0.39 is 174 Å². The number of amides is 10. The molecule has 1 unspecified atom stereocenters. The summed E-state index contributed by atoms with van der Waals surface area (Å²) in [4.78, 5) is 178. The van der Waals surface area contributed by atoms with Crippen LogP contribution in [0.5, 0.6) is 0 Å². The number of aliphatic hydroxyl groups is 1. The minimum atomic E-state index is -1.88. The van der Waals surface area contributed by atoms with Crippen LogP contribution in [0.4, 0.5) is 0 Å². The fourth-order valence-corrected chi connectivity index (χ4v) is 10.2. The molecular formula is C58H83N13O17S2. The van der Waals surface area contributed by atoms with Crippen LogP contribution in [0.15, 0.2) is 60.8 Å². The van der Waals surface area contributed by atoms with Gasteiger partial charge in [-0.15, -0.1) is 0 Å². The Kier molecular flexibility index (Phi) is 30.0. The van der Waals surface area contributed by atoms with E-state index in [-0.39, 0.29) is 57.4 Å². The second-order valence-electron chi connectivity index (χ2n) is 22.1. The van der Waals surface area contributed by atoms with Crippen molar-refractivity contribution < 1.29 is 82.8 Å². The molecule has 3 aromatic rings. The van der Waals surface area contributed by atoms with Gasteiger partial charge in [-0.2, -0.15) is 25.3 Å². The summed E-state index contributed by atoms with van der Waals surface area (Å²) in [6.07, 6.45) is -1.18. The van der Waals surface area contributed by atoms with Gasteiger partial charge in [-0.1, -0.05) is 62.4 Å². The zero-order valence-electron chi connectivity index (χ0n) is 50.3. The molecule has 10 amide bonds. The fourth-order valence-electron chi connectivity index (χ4n) is 9.66. The number of aliphatic carboxylic acids is 3. The maximum atomic E-state index is 14.8. The molecule has 1 saturated heterocycles. The summed E-state index contributed by atoms with van der Waals surface area (Å²) in [7, 11) is 0. The van der Waals surface area contributed by atoms with Gasteiger partial charge in [0.2, 0.25) is 59.1 Å². The third-order valence-electron chi connectivity index (χ3n) is 14.7. The van der Waals surface area contributed by atoms with E-state index in [1.54, 1.807) is 74.6 Å². The Morgan fingerprint density at radius 1 is 0.600 bits per heavy atom. The molecule has 1 aliphatic heterocycles. The maximum absolute atomic E-state index is 14.8. The van der Waals surface area contributed by atoms with Crippen LogP contribution in [0.3, 0.4) is 0 Å². The van der Waals surface area contributed by atoms with Crippen LogP contribution in [-0.4, -0.2) is 204 Å². The van der Waals surface area contributed by atoms with Crippen LogP contribution < -0.4 is 59.3 Å². The van der Waals surface area contributed by atoms with Gasteiger partial charge in [0.05, 0.1) is 18.6 Å². The Balaban J connectivity index is 1.59. The van der Waals surface area contributed by atoms with Crippen molar-refractivity contribution in [2.24, 2.45) is 17.4 Å². The summed E-state index contributed by atoms with van der Waals surface area (Å²) in [5.41, 5.74) is 13.3. The average Bonchev–Trinajstić information content (AvgIpc) is 1.95. The molecule has 2 heterocycles. The van der Waals surface area contributed by atoms with Gasteiger partial charge in [-0.05, 0) is 82.0 Å². The number of nitrogens with one attached hydrogen (secondary N) is 10. The van der Waals surface area contributed by atoms with Gasteiger partial charge < -0.3 is 89.6 Å². The summed E-state index contributed by atoms with van der Waals surface area (Å²) in [6, 6.07) is -0.741. The number of fused-ring (bicyclic) bond motifs is 1. The monoisotopic (exact) mass is 1300 g/mol. The molecule has 1 aliphatic rings. The SMILES string of the molecule is CC(NC(=O)[C@H](CCCCN)NC(=O)[C@H](Cc1c[nH]c2ccccc12)NC(=O)[C@H](Cc1ccccc1)NC(=O)[C@H](CS)NC(=O)[C@H](CC(=O)O)NC(=O)[C@H]1CCCN1C(=O)[C@@H](NC(=O)[C@@H](N)CCC(=O)O)[C@@H](C)O)C(=O)N[C@@H](CS)C(=O)N[C@H](C(=O)O)C(C)C. The zero-order valence-corrected chi connectivity index (χ0v) is 52.1. The molecule has 0 saturated carbocycles. The Morgan fingerprint density at radius 2 is 1.13 bits per heavy atom. The topological polar surface area (TPSA) is 482 Å². The van der Waals surface area contributed by atoms with Crippen LogP contribution in [0.1, 0.15) is 90.2 Å². The molecule has 494 valence electrons. The van der Waals surface area contributed by atoms with Gasteiger partial charge in [-0.25, -0.2) is 4.79 Å². The Morgan fingerprint density at radius 3 is 1.71 bits per heavy atom. The van der Waals surface area contributed by atoms with E-state index in [0.29, 0.717) is 34.9 Å². The third kappa shape index (κ3) is 22.6. The number of nitrogens with zero attached hydrogens (tertiary/aromatic N) is 1. The second kappa shape index (κ2) is 36.4. The standard InChI is InChI=1S/C58H83N13O17S2/c1-29(2)46(58(87)88)69-55(84)42(28-90)67-48(77)30(3)62-50(79)37(17-10-11-21-59)63-52(81)39(24-33-26-61-36-16-9-8-15-34(33)36)65-51(80)38(23-32-13-6-5-7-14-32)64-54(83)41(27-89)68-53(82)40(25-45(75)76)66-56(85)43-18-12-22-71(43)57(86)47(31(4)72)70-49(78)35(60)19-20-44(73)74/h5-9,13-16,26,29-31,35,37-43,46-47,61,72,89-90H,10-12,17-25,27-28,59-60H2,1-4H3,(H,62,79)(H,63,81)(H,64,83)(H,65,80)(H,66,85)(H,67,77)(H,68,82)(H,69,84)(H,70,78)(H,73,74)(H,75,76)(H,87,88)/t30?,31-,35+,37+,38+,39+,40+,41+,42+,43-,46+,47+/m1/s1. The number of benzene rings is 2. The number of aromatic nitrogens is 1. The number of aliphatic hydroxyl groups excluding tert-OH is 1. The molecule has 12 atom stereocenters. The highest BCUT2D eigenvalue weighted by atomic mass is 32.1. The maximum Gasteiger partial charge on any atom is 0.326 e. The zero-order chi connectivity index (χ0) is 66.9. The molecule has 0 bridgehead atoms. The predicted molar refractivity (Wildman–Crippen MR) is 332 cm³/mol. The van der Waals surface area contributed by atoms with Crippen molar-refractivity contribution in [3.63, 3.8) is 0 Å². The number of carbonyl (C=O) groups excluding carboxylic acids is 10. The number of aromatic amines is 1. The lowest BCUT2D eigenvalue weighted by Gasteiger charge is -2.31. The highest BCUT2D eigenvalue weighted by Gasteiger charge is 2.42. The highest BCUT2D eigenvalue weighted by molar-refractivity contribution is 7.80. The van der Waals surface area contributed by atoms with E-state index in [9.17, 15) is 77.6 Å². The fraction of sp³-hybridized carbons (Fsp3) is 0.534. The number of carbonyl (C=O) groups is 13. The van der Waals surface area contributed by atoms with Crippen LogP contribution >= 0.6 is 25.3 Å². The number of para-hydroxylation sites is 1. The summed E-state index contributed by atoms with van der Waals surface area (Å²) in [5, 5.41) is 62.1. The number of rotatable bonds is 37. The lowest BCUT2D eigenvalue weighted by molar-refractivity contribution is -0.145. The Hall–Kier alpha value is -8.33. The quantitative estimate of drug-likeness (QED) is 0.0203. The molecule has 0 spiro atoms. The lowest BCUT2D eigenvalue weighted by atomic mass is 10.0.